The molecule has 38 heavy (non-hydrogen) atoms. The van der Waals surface area contributed by atoms with Crippen molar-refractivity contribution in [2.45, 2.75) is 0 Å². The van der Waals surface area contributed by atoms with Crippen molar-refractivity contribution in [3.63, 3.8) is 0 Å². The van der Waals surface area contributed by atoms with Crippen LogP contribution < -0.4 is 39.9 Å². The summed E-state index contributed by atoms with van der Waals surface area (Å²) in [6, 6.07) is 59.4. The molecule has 0 N–H and O–H groups in total. The van der Waals surface area contributed by atoms with E-state index >= 15 is 0 Å². The van der Waals surface area contributed by atoms with Gasteiger partial charge in [-0.3, -0.25) is 0 Å². The molecule has 6 aromatic rings. The van der Waals surface area contributed by atoms with Gasteiger partial charge in [0.1, 0.15) is 15.9 Å². The van der Waals surface area contributed by atoms with Gasteiger partial charge >= 0.3 is 0 Å². The average Bonchev–Trinajstić information content (AvgIpc) is 2.99. The quantitative estimate of drug-likeness (QED) is 0.178. The second-order valence-corrected chi connectivity index (χ2v) is 11.6. The van der Waals surface area contributed by atoms with Crippen LogP contribution in [0.2, 0.25) is 0 Å². The lowest BCUT2D eigenvalue weighted by Crippen LogP contribution is -3.00. The normalized spacial score (nSPS) is 10.7. The Kier molecular flexibility index (Phi) is 8.48. The summed E-state index contributed by atoms with van der Waals surface area (Å²) in [7, 11) is -1.28. The van der Waals surface area contributed by atoms with E-state index in [0.717, 1.165) is 0 Å². The van der Waals surface area contributed by atoms with E-state index in [1.54, 1.807) is 0 Å². The van der Waals surface area contributed by atoms with E-state index in [4.69, 9.17) is 0 Å². The lowest BCUT2D eigenvalue weighted by molar-refractivity contribution is -0.00000689. The molecule has 0 fully saturated rings. The Morgan fingerprint density at radius 2 is 0.684 bits per heavy atom. The lowest BCUT2D eigenvalue weighted by atomic mass is 9.87. The van der Waals surface area contributed by atoms with Crippen LogP contribution in [-0.4, -0.2) is 0 Å². The summed E-state index contributed by atoms with van der Waals surface area (Å²) < 4.78 is 0. The van der Waals surface area contributed by atoms with Crippen LogP contribution in [0.25, 0.3) is 33.4 Å². The van der Waals surface area contributed by atoms with Crippen LogP contribution in [0.1, 0.15) is 0 Å². The van der Waals surface area contributed by atoms with Crippen LogP contribution >= 0.6 is 7.92 Å². The van der Waals surface area contributed by atoms with Crippen molar-refractivity contribution in [2.75, 3.05) is 0 Å². The van der Waals surface area contributed by atoms with Gasteiger partial charge in [-0.2, -0.15) is 0 Å². The highest BCUT2D eigenvalue weighted by Gasteiger charge is 2.31. The van der Waals surface area contributed by atoms with Crippen LogP contribution in [0.5, 0.6) is 0 Å². The van der Waals surface area contributed by atoms with Crippen molar-refractivity contribution >= 4 is 23.8 Å². The number of halogens is 1. The topological polar surface area (TPSA) is 0 Å². The van der Waals surface area contributed by atoms with Crippen molar-refractivity contribution < 1.29 is 24.0 Å². The van der Waals surface area contributed by atoms with Crippen LogP contribution in [-0.2, 0) is 0 Å². The maximum Gasteiger partial charge on any atom is 0.110 e. The molecule has 0 heterocycles. The van der Waals surface area contributed by atoms with Crippen LogP contribution in [0.3, 0.4) is 0 Å². The van der Waals surface area contributed by atoms with E-state index in [9.17, 15) is 0 Å². The Labute approximate surface area is 243 Å². The van der Waals surface area contributed by atoms with E-state index in [0.29, 0.717) is 0 Å². The first-order chi connectivity index (χ1) is 18.4. The summed E-state index contributed by atoms with van der Waals surface area (Å²) in [6.45, 7) is 0. The molecule has 0 spiro atoms. The van der Waals surface area contributed by atoms with Crippen LogP contribution in [0.4, 0.5) is 0 Å². The lowest BCUT2D eigenvalue weighted by Gasteiger charge is -2.21. The fourth-order valence-electron chi connectivity index (χ4n) is 5.17. The third-order valence-electron chi connectivity index (χ3n) is 6.81. The smallest absolute Gasteiger partial charge is 0.110 e. The predicted molar refractivity (Wildman–Crippen MR) is 163 cm³/mol. The highest BCUT2D eigenvalue weighted by Crippen LogP contribution is 2.45. The zero-order valence-electron chi connectivity index (χ0n) is 21.0. The molecule has 6 rings (SSSR count). The van der Waals surface area contributed by atoms with Crippen LogP contribution in [0.15, 0.2) is 164 Å². The highest BCUT2D eigenvalue weighted by atomic mass is 127. The van der Waals surface area contributed by atoms with E-state index in [2.05, 4.69) is 164 Å². The molecule has 0 aliphatic heterocycles. The van der Waals surface area contributed by atoms with Gasteiger partial charge in [-0.15, -0.1) is 0 Å². The minimum atomic E-state index is -1.28. The second-order valence-electron chi connectivity index (χ2n) is 9.12. The molecule has 0 saturated carbocycles. The SMILES string of the molecule is [I-].c1ccc(-c2ccc([PH+](c3ccccc3)c3ccccc3)c(-c3ccccc3)c2-c2ccccc2)cc1. The van der Waals surface area contributed by atoms with Gasteiger partial charge in [-0.25, -0.2) is 0 Å². The van der Waals surface area contributed by atoms with Gasteiger partial charge in [-0.05, 0) is 58.7 Å². The third-order valence-corrected chi connectivity index (χ3v) is 9.59. The van der Waals surface area contributed by atoms with Crippen LogP contribution in [0, 0.1) is 0 Å². The standard InChI is InChI=1S/C36H27P.HI/c1-6-16-28(17-7-1)33-26-27-34(37(31-22-12-4-13-23-31)32-24-14-5-15-25-32)36(30-20-10-3-11-21-30)35(33)29-18-8-2-9-19-29;/h1-27H;1H. The molecule has 6 aromatic carbocycles. The predicted octanol–water partition coefficient (Wildman–Crippen LogP) is 5.18. The molecule has 0 radical (unpaired) electrons. The fraction of sp³-hybridized carbons (Fsp3) is 0. The Balaban J connectivity index is 0.00000294. The van der Waals surface area contributed by atoms with Crippen molar-refractivity contribution in [2.24, 2.45) is 0 Å². The first-order valence-electron chi connectivity index (χ1n) is 12.7. The minimum absolute atomic E-state index is 0. The molecule has 0 aliphatic carbocycles. The molecular formula is C36H28IP. The number of rotatable bonds is 6. The Bertz CT molecular complexity index is 1540. The van der Waals surface area contributed by atoms with E-state index in [1.165, 1.54) is 49.3 Å². The summed E-state index contributed by atoms with van der Waals surface area (Å²) in [5.74, 6) is 0. The van der Waals surface area contributed by atoms with Crippen molar-refractivity contribution in [1.82, 2.24) is 0 Å². The summed E-state index contributed by atoms with van der Waals surface area (Å²) in [5, 5.41) is 4.19. The Hall–Kier alpha value is -3.52. The summed E-state index contributed by atoms with van der Waals surface area (Å²) in [6.07, 6.45) is 0. The first-order valence-corrected chi connectivity index (χ1v) is 14.2. The van der Waals surface area contributed by atoms with Gasteiger partial charge in [0.15, 0.2) is 0 Å². The fourth-order valence-corrected chi connectivity index (χ4v) is 7.94. The van der Waals surface area contributed by atoms with Gasteiger partial charge < -0.3 is 24.0 Å². The zero-order chi connectivity index (χ0) is 24.9. The Morgan fingerprint density at radius 1 is 0.316 bits per heavy atom. The number of hydrogen-bond donors (Lipinski definition) is 0. The van der Waals surface area contributed by atoms with Crippen molar-refractivity contribution in [1.29, 1.82) is 0 Å². The van der Waals surface area contributed by atoms with E-state index in [-0.39, 0.29) is 24.0 Å². The van der Waals surface area contributed by atoms with Gasteiger partial charge in [0, 0.05) is 11.1 Å². The molecular weight excluding hydrogens is 590 g/mol. The Morgan fingerprint density at radius 3 is 1.13 bits per heavy atom. The van der Waals surface area contributed by atoms with Crippen molar-refractivity contribution in [3.8, 4) is 33.4 Å². The van der Waals surface area contributed by atoms with Gasteiger partial charge in [-0.1, -0.05) is 127 Å². The second kappa shape index (κ2) is 12.3. The molecule has 0 amide bonds. The molecule has 0 unspecified atom stereocenters. The minimum Gasteiger partial charge on any atom is -1.00 e. The number of benzene rings is 6. The molecule has 184 valence electrons. The molecule has 0 bridgehead atoms. The highest BCUT2D eigenvalue weighted by molar-refractivity contribution is 7.80. The molecule has 0 saturated heterocycles. The number of hydrogen-bond acceptors (Lipinski definition) is 0. The van der Waals surface area contributed by atoms with E-state index in [1.807, 2.05) is 0 Å². The first kappa shape index (κ1) is 26.1. The third kappa shape index (κ3) is 5.36. The van der Waals surface area contributed by atoms with Crippen molar-refractivity contribution in [3.05, 3.63) is 164 Å². The van der Waals surface area contributed by atoms with Gasteiger partial charge in [0.25, 0.3) is 0 Å². The summed E-state index contributed by atoms with van der Waals surface area (Å²) in [4.78, 5) is 0. The maximum absolute atomic E-state index is 2.39. The monoisotopic (exact) mass is 618 g/mol. The van der Waals surface area contributed by atoms with E-state index < -0.39 is 7.92 Å². The molecule has 0 atom stereocenters. The summed E-state index contributed by atoms with van der Waals surface area (Å²) in [5.41, 5.74) is 7.61. The molecule has 0 aromatic heterocycles. The molecule has 0 aliphatic rings. The largest absolute Gasteiger partial charge is 1.00 e. The average molecular weight is 618 g/mol. The van der Waals surface area contributed by atoms with Gasteiger partial charge in [0.05, 0.1) is 7.92 Å². The molecule has 0 nitrogen and oxygen atoms in total. The zero-order valence-corrected chi connectivity index (χ0v) is 24.1. The maximum atomic E-state index is 2.39. The summed E-state index contributed by atoms with van der Waals surface area (Å²) >= 11 is 0. The molecule has 2 heteroatoms. The van der Waals surface area contributed by atoms with Gasteiger partial charge in [0.2, 0.25) is 0 Å².